The number of rotatable bonds is 5. The topological polar surface area (TPSA) is 8.17 Å². The SMILES string of the molecule is c1cc(N(c2ccc3c(c2)-c2cccc4cccc-3c24)c2ccccc2-c2cccc3ccccc23)cc(-n2c3ccccc3c3ccccc32)c1. The first kappa shape index (κ1) is 28.9. The van der Waals surface area contributed by atoms with Crippen molar-refractivity contribution in [3.63, 3.8) is 0 Å². The van der Waals surface area contributed by atoms with E-state index in [1.807, 2.05) is 0 Å². The van der Waals surface area contributed by atoms with Crippen LogP contribution >= 0.6 is 0 Å². The van der Waals surface area contributed by atoms with Gasteiger partial charge in [0.15, 0.2) is 0 Å². The fourth-order valence-electron chi connectivity index (χ4n) is 8.67. The lowest BCUT2D eigenvalue weighted by molar-refractivity contribution is 1.17. The molecule has 0 amide bonds. The van der Waals surface area contributed by atoms with Crippen LogP contribution in [0.15, 0.2) is 194 Å². The largest absolute Gasteiger partial charge is 0.310 e. The molecule has 0 spiro atoms. The summed E-state index contributed by atoms with van der Waals surface area (Å²) in [5, 5.41) is 7.62. The summed E-state index contributed by atoms with van der Waals surface area (Å²) < 4.78 is 2.41. The first-order valence-electron chi connectivity index (χ1n) is 17.9. The maximum absolute atomic E-state index is 2.46. The molecule has 0 unspecified atom stereocenters. The fourth-order valence-corrected chi connectivity index (χ4v) is 8.67. The first-order chi connectivity index (χ1) is 25.8. The normalized spacial score (nSPS) is 11.8. The quantitative estimate of drug-likeness (QED) is 0.178. The maximum atomic E-state index is 2.46. The minimum Gasteiger partial charge on any atom is -0.310 e. The van der Waals surface area contributed by atoms with E-state index < -0.39 is 0 Å². The van der Waals surface area contributed by atoms with E-state index >= 15 is 0 Å². The highest BCUT2D eigenvalue weighted by atomic mass is 15.1. The molecular formula is C50H32N2. The van der Waals surface area contributed by atoms with Crippen LogP contribution in [-0.2, 0) is 0 Å². The van der Waals surface area contributed by atoms with Crippen LogP contribution in [0.3, 0.4) is 0 Å². The zero-order valence-electron chi connectivity index (χ0n) is 28.4. The van der Waals surface area contributed by atoms with Crippen LogP contribution in [0, 0.1) is 0 Å². The van der Waals surface area contributed by atoms with E-state index in [0.29, 0.717) is 0 Å². The first-order valence-corrected chi connectivity index (χ1v) is 17.9. The molecule has 0 bridgehead atoms. The average molecular weight is 661 g/mol. The van der Waals surface area contributed by atoms with E-state index in [1.54, 1.807) is 0 Å². The highest BCUT2D eigenvalue weighted by Gasteiger charge is 2.25. The monoisotopic (exact) mass is 660 g/mol. The summed E-state index contributed by atoms with van der Waals surface area (Å²) in [4.78, 5) is 2.46. The highest BCUT2D eigenvalue weighted by Crippen LogP contribution is 2.50. The van der Waals surface area contributed by atoms with E-state index in [9.17, 15) is 0 Å². The van der Waals surface area contributed by atoms with Crippen LogP contribution in [0.2, 0.25) is 0 Å². The molecule has 11 rings (SSSR count). The van der Waals surface area contributed by atoms with Gasteiger partial charge in [-0.15, -0.1) is 0 Å². The van der Waals surface area contributed by atoms with Crippen LogP contribution in [0.4, 0.5) is 17.1 Å². The van der Waals surface area contributed by atoms with E-state index in [2.05, 4.69) is 204 Å². The summed E-state index contributed by atoms with van der Waals surface area (Å²) in [7, 11) is 0. The molecule has 1 aromatic heterocycles. The molecule has 2 heteroatoms. The van der Waals surface area contributed by atoms with Crippen molar-refractivity contribution < 1.29 is 0 Å². The molecule has 0 saturated carbocycles. The molecule has 9 aromatic carbocycles. The van der Waals surface area contributed by atoms with Crippen molar-refractivity contribution >= 4 is 60.4 Å². The maximum Gasteiger partial charge on any atom is 0.0541 e. The standard InChI is InChI=1S/C50H32N2/c1-2-19-38-33(13-1)14-9-23-39(38)41-20-3-6-26-47(41)51(37-29-30-40-44-24-10-15-34-16-11-25-45(50(34)44)46(40)32-37)35-17-12-18-36(31-35)52-48-27-7-4-21-42(48)43-22-5-8-28-49(43)52/h1-32H. The van der Waals surface area contributed by atoms with Crippen molar-refractivity contribution in [2.45, 2.75) is 0 Å². The van der Waals surface area contributed by atoms with Crippen LogP contribution in [0.1, 0.15) is 0 Å². The van der Waals surface area contributed by atoms with Crippen molar-refractivity contribution in [1.29, 1.82) is 0 Å². The molecule has 0 radical (unpaired) electrons. The molecular weight excluding hydrogens is 629 g/mol. The minimum absolute atomic E-state index is 1.10. The van der Waals surface area contributed by atoms with Gasteiger partial charge in [-0.25, -0.2) is 0 Å². The third-order valence-electron chi connectivity index (χ3n) is 10.9. The molecule has 10 aromatic rings. The van der Waals surface area contributed by atoms with Crippen molar-refractivity contribution in [3.8, 4) is 39.1 Å². The lowest BCUT2D eigenvalue weighted by Crippen LogP contribution is -2.12. The second kappa shape index (κ2) is 11.3. The summed E-state index contributed by atoms with van der Waals surface area (Å²) in [6.07, 6.45) is 0. The van der Waals surface area contributed by atoms with Crippen LogP contribution in [0.5, 0.6) is 0 Å². The van der Waals surface area contributed by atoms with Crippen LogP contribution < -0.4 is 4.90 Å². The van der Waals surface area contributed by atoms with Crippen LogP contribution in [-0.4, -0.2) is 4.57 Å². The Labute approximate surface area is 302 Å². The third kappa shape index (κ3) is 4.25. The van der Waals surface area contributed by atoms with Gasteiger partial charge in [-0.05, 0) is 97.9 Å². The number of hydrogen-bond donors (Lipinski definition) is 0. The smallest absolute Gasteiger partial charge is 0.0541 e. The van der Waals surface area contributed by atoms with Gasteiger partial charge in [-0.1, -0.05) is 146 Å². The number of fused-ring (bicyclic) bond motifs is 7. The number of nitrogens with zero attached hydrogens (tertiary/aromatic N) is 2. The van der Waals surface area contributed by atoms with E-state index in [-0.39, 0.29) is 0 Å². The Kier molecular flexibility index (Phi) is 6.28. The molecule has 1 aliphatic carbocycles. The Morgan fingerprint density at radius 1 is 0.327 bits per heavy atom. The number of para-hydroxylation sites is 3. The molecule has 52 heavy (non-hydrogen) atoms. The second-order valence-corrected chi connectivity index (χ2v) is 13.7. The van der Waals surface area contributed by atoms with Crippen molar-refractivity contribution in [3.05, 3.63) is 194 Å². The molecule has 0 saturated heterocycles. The van der Waals surface area contributed by atoms with Gasteiger partial charge >= 0.3 is 0 Å². The van der Waals surface area contributed by atoms with Crippen molar-refractivity contribution in [1.82, 2.24) is 4.57 Å². The molecule has 2 nitrogen and oxygen atoms in total. The average Bonchev–Trinajstić information content (AvgIpc) is 3.72. The van der Waals surface area contributed by atoms with Crippen molar-refractivity contribution in [2.24, 2.45) is 0 Å². The summed E-state index contributed by atoms with van der Waals surface area (Å²) >= 11 is 0. The summed E-state index contributed by atoms with van der Waals surface area (Å²) in [6, 6.07) is 71.1. The zero-order chi connectivity index (χ0) is 34.2. The number of aromatic nitrogens is 1. The molecule has 0 N–H and O–H groups in total. The number of anilines is 3. The predicted octanol–water partition coefficient (Wildman–Crippen LogP) is 13.9. The van der Waals surface area contributed by atoms with Gasteiger partial charge in [0.05, 0.1) is 16.7 Å². The van der Waals surface area contributed by atoms with Gasteiger partial charge in [0, 0.05) is 33.4 Å². The molecule has 0 atom stereocenters. The number of hydrogen-bond acceptors (Lipinski definition) is 1. The van der Waals surface area contributed by atoms with Gasteiger partial charge in [-0.3, -0.25) is 0 Å². The van der Waals surface area contributed by atoms with Gasteiger partial charge < -0.3 is 9.47 Å². The Balaban J connectivity index is 1.17. The molecule has 1 heterocycles. The Morgan fingerprint density at radius 3 is 1.67 bits per heavy atom. The van der Waals surface area contributed by atoms with Gasteiger partial charge in [0.1, 0.15) is 0 Å². The lowest BCUT2D eigenvalue weighted by atomic mass is 9.95. The van der Waals surface area contributed by atoms with Gasteiger partial charge in [0.25, 0.3) is 0 Å². The fraction of sp³-hybridized carbons (Fsp3) is 0. The molecule has 0 fully saturated rings. The predicted molar refractivity (Wildman–Crippen MR) is 220 cm³/mol. The Bertz CT molecular complexity index is 2970. The summed E-state index contributed by atoms with van der Waals surface area (Å²) in [5.41, 5.74) is 14.5. The van der Waals surface area contributed by atoms with E-state index in [0.717, 1.165) is 22.7 Å². The molecule has 242 valence electrons. The minimum atomic E-state index is 1.10. The van der Waals surface area contributed by atoms with Crippen LogP contribution in [0.25, 0.3) is 82.4 Å². The van der Waals surface area contributed by atoms with Gasteiger partial charge in [0.2, 0.25) is 0 Å². The lowest BCUT2D eigenvalue weighted by Gasteiger charge is -2.29. The van der Waals surface area contributed by atoms with E-state index in [1.165, 1.54) is 76.7 Å². The third-order valence-corrected chi connectivity index (χ3v) is 10.9. The van der Waals surface area contributed by atoms with Crippen molar-refractivity contribution in [2.75, 3.05) is 4.90 Å². The summed E-state index contributed by atoms with van der Waals surface area (Å²) in [5.74, 6) is 0. The second-order valence-electron chi connectivity index (χ2n) is 13.7. The van der Waals surface area contributed by atoms with E-state index in [4.69, 9.17) is 0 Å². The number of benzene rings is 9. The Morgan fingerprint density at radius 2 is 0.885 bits per heavy atom. The summed E-state index contributed by atoms with van der Waals surface area (Å²) in [6.45, 7) is 0. The molecule has 0 aliphatic heterocycles. The Hall–Kier alpha value is -6.90. The zero-order valence-corrected chi connectivity index (χ0v) is 28.4. The molecule has 1 aliphatic rings. The van der Waals surface area contributed by atoms with Gasteiger partial charge in [-0.2, -0.15) is 0 Å². The highest BCUT2D eigenvalue weighted by molar-refractivity contribution is 6.16.